The molecule has 0 aromatic heterocycles. The summed E-state index contributed by atoms with van der Waals surface area (Å²) >= 11 is 0. The third kappa shape index (κ3) is 10.7. The van der Waals surface area contributed by atoms with Crippen LogP contribution in [0.4, 0.5) is 16.2 Å². The number of alkyl carbamates (subject to hydrolysis) is 1. The molecule has 0 fully saturated rings. The Bertz CT molecular complexity index is 713. The minimum absolute atomic E-state index is 0.0890. The molecule has 7 heteroatoms. The smallest absolute Gasteiger partial charge is 0.408 e. The Morgan fingerprint density at radius 1 is 1.00 bits per heavy atom. The molecule has 0 atom stereocenters. The van der Waals surface area contributed by atoms with E-state index in [0.717, 1.165) is 0 Å². The number of carbonyl (C=O) groups excluding carboxylic acids is 3. The van der Waals surface area contributed by atoms with Gasteiger partial charge in [0.25, 0.3) is 0 Å². The number of hydrogen-bond donors (Lipinski definition) is 3. The van der Waals surface area contributed by atoms with Crippen LogP contribution in [0.15, 0.2) is 36.4 Å². The van der Waals surface area contributed by atoms with E-state index >= 15 is 0 Å². The second-order valence-electron chi connectivity index (χ2n) is 8.17. The van der Waals surface area contributed by atoms with E-state index in [-0.39, 0.29) is 17.9 Å². The third-order valence-electron chi connectivity index (χ3n) is 2.94. The number of hydrogen-bond acceptors (Lipinski definition) is 4. The first kappa shape index (κ1) is 22.2. The van der Waals surface area contributed by atoms with Crippen molar-refractivity contribution < 1.29 is 19.1 Å². The van der Waals surface area contributed by atoms with Gasteiger partial charge in [0, 0.05) is 11.4 Å². The SMILES string of the molecule is CC(C)(C)/C=C/C(=O)Nc1cccc(NC(=O)CNC(=O)OC(C)(C)C)c1. The van der Waals surface area contributed by atoms with Gasteiger partial charge in [0.15, 0.2) is 0 Å². The summed E-state index contributed by atoms with van der Waals surface area (Å²) in [5.41, 5.74) is 0.336. The number of allylic oxidation sites excluding steroid dienone is 1. The van der Waals surface area contributed by atoms with Crippen molar-refractivity contribution >= 4 is 29.3 Å². The number of nitrogens with one attached hydrogen (secondary N) is 3. The first-order chi connectivity index (χ1) is 12.3. The highest BCUT2D eigenvalue weighted by atomic mass is 16.6. The first-order valence-corrected chi connectivity index (χ1v) is 8.71. The van der Waals surface area contributed by atoms with Crippen LogP contribution >= 0.6 is 0 Å². The molecule has 1 aromatic rings. The van der Waals surface area contributed by atoms with E-state index < -0.39 is 17.6 Å². The van der Waals surface area contributed by atoms with E-state index in [1.165, 1.54) is 6.08 Å². The maximum Gasteiger partial charge on any atom is 0.408 e. The standard InChI is InChI=1S/C20H29N3O4/c1-19(2,3)11-10-16(24)22-14-8-7-9-15(12-14)23-17(25)13-21-18(26)27-20(4,5)6/h7-12H,13H2,1-6H3,(H,21,26)(H,22,24)(H,23,25)/b11-10+. The van der Waals surface area contributed by atoms with E-state index in [0.29, 0.717) is 11.4 Å². The van der Waals surface area contributed by atoms with E-state index in [4.69, 9.17) is 4.74 Å². The molecule has 3 N–H and O–H groups in total. The van der Waals surface area contributed by atoms with Crippen molar-refractivity contribution in [1.82, 2.24) is 5.32 Å². The zero-order valence-electron chi connectivity index (χ0n) is 16.8. The van der Waals surface area contributed by atoms with Crippen LogP contribution in [0, 0.1) is 5.41 Å². The fourth-order valence-corrected chi connectivity index (χ4v) is 1.86. The predicted molar refractivity (Wildman–Crippen MR) is 107 cm³/mol. The van der Waals surface area contributed by atoms with Gasteiger partial charge in [-0.05, 0) is 50.5 Å². The molecule has 27 heavy (non-hydrogen) atoms. The zero-order chi connectivity index (χ0) is 20.7. The average molecular weight is 375 g/mol. The van der Waals surface area contributed by atoms with Crippen molar-refractivity contribution in [1.29, 1.82) is 0 Å². The molecule has 0 aliphatic carbocycles. The maximum absolute atomic E-state index is 11.9. The fraction of sp³-hybridized carbons (Fsp3) is 0.450. The van der Waals surface area contributed by atoms with Crippen LogP contribution in [0.5, 0.6) is 0 Å². The molecule has 0 bridgehead atoms. The van der Waals surface area contributed by atoms with Crippen molar-refractivity contribution in [3.63, 3.8) is 0 Å². The molecule has 0 saturated heterocycles. The van der Waals surface area contributed by atoms with E-state index in [1.807, 2.05) is 26.8 Å². The lowest BCUT2D eigenvalue weighted by Gasteiger charge is -2.19. The summed E-state index contributed by atoms with van der Waals surface area (Å²) in [7, 11) is 0. The van der Waals surface area contributed by atoms with Crippen molar-refractivity contribution in [2.24, 2.45) is 5.41 Å². The number of anilines is 2. The lowest BCUT2D eigenvalue weighted by Crippen LogP contribution is -2.37. The molecule has 0 spiro atoms. The van der Waals surface area contributed by atoms with E-state index in [1.54, 1.807) is 45.0 Å². The number of amides is 3. The molecule has 0 aliphatic heterocycles. The van der Waals surface area contributed by atoms with Gasteiger partial charge < -0.3 is 20.7 Å². The van der Waals surface area contributed by atoms with Crippen molar-refractivity contribution in [2.75, 3.05) is 17.2 Å². The van der Waals surface area contributed by atoms with Gasteiger partial charge in [-0.15, -0.1) is 0 Å². The minimum Gasteiger partial charge on any atom is -0.444 e. The van der Waals surface area contributed by atoms with Gasteiger partial charge in [-0.25, -0.2) is 4.79 Å². The summed E-state index contributed by atoms with van der Waals surface area (Å²) < 4.78 is 5.06. The molecular weight excluding hydrogens is 346 g/mol. The Kier molecular flexibility index (Phi) is 7.57. The van der Waals surface area contributed by atoms with Crippen molar-refractivity contribution in [3.05, 3.63) is 36.4 Å². The van der Waals surface area contributed by atoms with Gasteiger partial charge in [-0.3, -0.25) is 9.59 Å². The van der Waals surface area contributed by atoms with Crippen LogP contribution in [0.2, 0.25) is 0 Å². The van der Waals surface area contributed by atoms with Crippen LogP contribution in [-0.2, 0) is 14.3 Å². The molecule has 7 nitrogen and oxygen atoms in total. The molecule has 3 amide bonds. The Morgan fingerprint density at radius 2 is 1.59 bits per heavy atom. The van der Waals surface area contributed by atoms with Gasteiger partial charge in [0.1, 0.15) is 12.1 Å². The maximum atomic E-state index is 11.9. The summed E-state index contributed by atoms with van der Waals surface area (Å²) in [6, 6.07) is 6.75. The van der Waals surface area contributed by atoms with E-state index in [2.05, 4.69) is 16.0 Å². The average Bonchev–Trinajstić information content (AvgIpc) is 2.49. The molecule has 0 radical (unpaired) electrons. The molecule has 0 aliphatic rings. The number of ether oxygens (including phenoxy) is 1. The van der Waals surface area contributed by atoms with Gasteiger partial charge in [-0.2, -0.15) is 0 Å². The molecular formula is C20H29N3O4. The number of carbonyl (C=O) groups is 3. The van der Waals surface area contributed by atoms with Crippen LogP contribution in [0.25, 0.3) is 0 Å². The molecule has 1 rings (SSSR count). The normalized spacial score (nSPS) is 11.8. The summed E-state index contributed by atoms with van der Waals surface area (Å²) in [6.45, 7) is 11.0. The Morgan fingerprint density at radius 3 is 2.15 bits per heavy atom. The predicted octanol–water partition coefficient (Wildman–Crippen LogP) is 3.69. The molecule has 0 saturated carbocycles. The lowest BCUT2D eigenvalue weighted by molar-refractivity contribution is -0.115. The molecule has 0 heterocycles. The van der Waals surface area contributed by atoms with Gasteiger partial charge in [-0.1, -0.05) is 32.9 Å². The Balaban J connectivity index is 2.56. The highest BCUT2D eigenvalue weighted by molar-refractivity contribution is 6.00. The summed E-state index contributed by atoms with van der Waals surface area (Å²) in [5.74, 6) is -0.656. The van der Waals surface area contributed by atoms with Gasteiger partial charge in [0.2, 0.25) is 11.8 Å². The van der Waals surface area contributed by atoms with Crippen LogP contribution in [-0.4, -0.2) is 30.1 Å². The summed E-state index contributed by atoms with van der Waals surface area (Å²) in [5, 5.41) is 7.77. The number of benzene rings is 1. The van der Waals surface area contributed by atoms with Crippen molar-refractivity contribution in [2.45, 2.75) is 47.1 Å². The summed E-state index contributed by atoms with van der Waals surface area (Å²) in [6.07, 6.45) is 2.64. The fourth-order valence-electron chi connectivity index (χ4n) is 1.86. The summed E-state index contributed by atoms with van der Waals surface area (Å²) in [4.78, 5) is 35.4. The largest absolute Gasteiger partial charge is 0.444 e. The quantitative estimate of drug-likeness (QED) is 0.684. The molecule has 148 valence electrons. The Labute approximate surface area is 160 Å². The minimum atomic E-state index is -0.663. The van der Waals surface area contributed by atoms with Gasteiger partial charge in [0.05, 0.1) is 0 Å². The highest BCUT2D eigenvalue weighted by Gasteiger charge is 2.16. The Hall–Kier alpha value is -2.83. The van der Waals surface area contributed by atoms with E-state index in [9.17, 15) is 14.4 Å². The van der Waals surface area contributed by atoms with Crippen molar-refractivity contribution in [3.8, 4) is 0 Å². The monoisotopic (exact) mass is 375 g/mol. The molecule has 0 unspecified atom stereocenters. The second-order valence-corrected chi connectivity index (χ2v) is 8.17. The third-order valence-corrected chi connectivity index (χ3v) is 2.94. The topological polar surface area (TPSA) is 96.5 Å². The second kappa shape index (κ2) is 9.21. The zero-order valence-corrected chi connectivity index (χ0v) is 16.8. The van der Waals surface area contributed by atoms with Crippen LogP contribution in [0.3, 0.4) is 0 Å². The first-order valence-electron chi connectivity index (χ1n) is 8.71. The van der Waals surface area contributed by atoms with Crippen LogP contribution < -0.4 is 16.0 Å². The number of rotatable bonds is 5. The molecule has 1 aromatic carbocycles. The highest BCUT2D eigenvalue weighted by Crippen LogP contribution is 2.17. The van der Waals surface area contributed by atoms with Gasteiger partial charge >= 0.3 is 6.09 Å². The van der Waals surface area contributed by atoms with Crippen LogP contribution in [0.1, 0.15) is 41.5 Å². The lowest BCUT2D eigenvalue weighted by atomic mass is 9.96.